The van der Waals surface area contributed by atoms with Gasteiger partial charge in [0.25, 0.3) is 0 Å². The smallest absolute Gasteiger partial charge is 0.122 e. The first-order chi connectivity index (χ1) is 9.15. The number of aryl methyl sites for hydroxylation is 3. The normalized spacial score (nSPS) is 10.3. The van der Waals surface area contributed by atoms with E-state index < -0.39 is 0 Å². The predicted octanol–water partition coefficient (Wildman–Crippen LogP) is 4.07. The summed E-state index contributed by atoms with van der Waals surface area (Å²) in [4.78, 5) is 0. The van der Waals surface area contributed by atoms with Crippen LogP contribution in [0, 0.1) is 20.8 Å². The third-order valence-electron chi connectivity index (χ3n) is 3.09. The second-order valence-electron chi connectivity index (χ2n) is 4.76. The van der Waals surface area contributed by atoms with Crippen molar-refractivity contribution in [1.82, 2.24) is 0 Å². The Balaban J connectivity index is 1.79. The van der Waals surface area contributed by atoms with Gasteiger partial charge in [0.05, 0.1) is 0 Å². The SMILES string of the molecule is Cc1cccc(OCCOc2ccc(C)c(C)c2)c1. The van der Waals surface area contributed by atoms with Crippen LogP contribution in [-0.2, 0) is 0 Å². The van der Waals surface area contributed by atoms with E-state index in [9.17, 15) is 0 Å². The first-order valence-electron chi connectivity index (χ1n) is 6.54. The van der Waals surface area contributed by atoms with Crippen molar-refractivity contribution in [2.45, 2.75) is 20.8 Å². The lowest BCUT2D eigenvalue weighted by molar-refractivity contribution is 0.217. The number of hydrogen-bond acceptors (Lipinski definition) is 2. The van der Waals surface area contributed by atoms with Crippen molar-refractivity contribution in [2.24, 2.45) is 0 Å². The van der Waals surface area contributed by atoms with Crippen LogP contribution in [0.25, 0.3) is 0 Å². The Morgan fingerprint density at radius 2 is 1.42 bits per heavy atom. The second kappa shape index (κ2) is 6.28. The molecule has 2 aromatic carbocycles. The molecule has 2 aromatic rings. The molecule has 0 N–H and O–H groups in total. The Morgan fingerprint density at radius 1 is 0.737 bits per heavy atom. The fourth-order valence-electron chi connectivity index (χ4n) is 1.83. The molecule has 19 heavy (non-hydrogen) atoms. The molecule has 0 saturated carbocycles. The van der Waals surface area contributed by atoms with Gasteiger partial charge in [0.2, 0.25) is 0 Å². The van der Waals surface area contributed by atoms with E-state index in [1.165, 1.54) is 16.7 Å². The highest BCUT2D eigenvalue weighted by atomic mass is 16.5. The van der Waals surface area contributed by atoms with Crippen molar-refractivity contribution < 1.29 is 9.47 Å². The number of rotatable bonds is 5. The highest BCUT2D eigenvalue weighted by Gasteiger charge is 1.98. The Morgan fingerprint density at radius 3 is 2.05 bits per heavy atom. The second-order valence-corrected chi connectivity index (χ2v) is 4.76. The van der Waals surface area contributed by atoms with Crippen molar-refractivity contribution in [3.63, 3.8) is 0 Å². The molecule has 0 aliphatic heterocycles. The van der Waals surface area contributed by atoms with E-state index in [1.54, 1.807) is 0 Å². The zero-order valence-corrected chi connectivity index (χ0v) is 11.8. The summed E-state index contributed by atoms with van der Waals surface area (Å²) in [5.41, 5.74) is 3.73. The Hall–Kier alpha value is -1.96. The van der Waals surface area contributed by atoms with E-state index in [4.69, 9.17) is 9.47 Å². The maximum atomic E-state index is 5.67. The van der Waals surface area contributed by atoms with Crippen molar-refractivity contribution in [2.75, 3.05) is 13.2 Å². The molecule has 0 aliphatic carbocycles. The van der Waals surface area contributed by atoms with Gasteiger partial charge >= 0.3 is 0 Å². The average molecular weight is 256 g/mol. The van der Waals surface area contributed by atoms with Gasteiger partial charge in [-0.15, -0.1) is 0 Å². The van der Waals surface area contributed by atoms with E-state index in [-0.39, 0.29) is 0 Å². The first kappa shape index (κ1) is 13.5. The predicted molar refractivity (Wildman–Crippen MR) is 78.1 cm³/mol. The largest absolute Gasteiger partial charge is 0.490 e. The fourth-order valence-corrected chi connectivity index (χ4v) is 1.83. The van der Waals surface area contributed by atoms with Gasteiger partial charge in [-0.3, -0.25) is 0 Å². The minimum atomic E-state index is 0.552. The molecule has 0 amide bonds. The summed E-state index contributed by atoms with van der Waals surface area (Å²) in [6, 6.07) is 14.2. The summed E-state index contributed by atoms with van der Waals surface area (Å²) in [6.07, 6.45) is 0. The molecule has 100 valence electrons. The highest BCUT2D eigenvalue weighted by molar-refractivity contribution is 5.33. The molecule has 0 atom stereocenters. The van der Waals surface area contributed by atoms with Crippen LogP contribution in [0.3, 0.4) is 0 Å². The number of hydrogen-bond donors (Lipinski definition) is 0. The van der Waals surface area contributed by atoms with E-state index in [1.807, 2.05) is 24.3 Å². The standard InChI is InChI=1S/C17H20O2/c1-13-5-4-6-16(11-13)18-9-10-19-17-8-7-14(2)15(3)12-17/h4-8,11-12H,9-10H2,1-3H3. The Labute approximate surface area is 115 Å². The Bertz CT molecular complexity index is 547. The summed E-state index contributed by atoms with van der Waals surface area (Å²) in [6.45, 7) is 7.34. The van der Waals surface area contributed by atoms with Gasteiger partial charge in [-0.05, 0) is 61.7 Å². The van der Waals surface area contributed by atoms with Gasteiger partial charge in [-0.1, -0.05) is 18.2 Å². The van der Waals surface area contributed by atoms with Crippen LogP contribution in [0.15, 0.2) is 42.5 Å². The molecule has 0 aromatic heterocycles. The molecule has 2 rings (SSSR count). The number of ether oxygens (including phenoxy) is 2. The molecule has 0 radical (unpaired) electrons. The summed E-state index contributed by atoms with van der Waals surface area (Å²) in [7, 11) is 0. The molecule has 0 spiro atoms. The monoisotopic (exact) mass is 256 g/mol. The van der Waals surface area contributed by atoms with Gasteiger partial charge in [0, 0.05) is 0 Å². The Kier molecular flexibility index (Phi) is 4.45. The van der Waals surface area contributed by atoms with Crippen LogP contribution in [0.4, 0.5) is 0 Å². The molecular formula is C17H20O2. The van der Waals surface area contributed by atoms with E-state index in [0.29, 0.717) is 13.2 Å². The van der Waals surface area contributed by atoms with Gasteiger partial charge in [-0.25, -0.2) is 0 Å². The van der Waals surface area contributed by atoms with E-state index in [0.717, 1.165) is 11.5 Å². The minimum absolute atomic E-state index is 0.552. The van der Waals surface area contributed by atoms with Crippen LogP contribution in [0.5, 0.6) is 11.5 Å². The summed E-state index contributed by atoms with van der Waals surface area (Å²) in [5.74, 6) is 1.79. The summed E-state index contributed by atoms with van der Waals surface area (Å²) in [5, 5.41) is 0. The van der Waals surface area contributed by atoms with Gasteiger partial charge in [0.15, 0.2) is 0 Å². The molecule has 2 nitrogen and oxygen atoms in total. The zero-order chi connectivity index (χ0) is 13.7. The molecule has 0 bridgehead atoms. The van der Waals surface area contributed by atoms with Crippen LogP contribution in [-0.4, -0.2) is 13.2 Å². The van der Waals surface area contributed by atoms with Crippen LogP contribution in [0.2, 0.25) is 0 Å². The van der Waals surface area contributed by atoms with Gasteiger partial charge in [0.1, 0.15) is 24.7 Å². The maximum absolute atomic E-state index is 5.67. The molecular weight excluding hydrogens is 236 g/mol. The van der Waals surface area contributed by atoms with Crippen molar-refractivity contribution >= 4 is 0 Å². The molecule has 0 aliphatic rings. The third kappa shape index (κ3) is 4.02. The van der Waals surface area contributed by atoms with Crippen molar-refractivity contribution in [3.8, 4) is 11.5 Å². The summed E-state index contributed by atoms with van der Waals surface area (Å²) < 4.78 is 11.3. The van der Waals surface area contributed by atoms with Gasteiger partial charge < -0.3 is 9.47 Å². The van der Waals surface area contributed by atoms with Crippen molar-refractivity contribution in [1.29, 1.82) is 0 Å². The molecule has 2 heteroatoms. The van der Waals surface area contributed by atoms with Crippen LogP contribution in [0.1, 0.15) is 16.7 Å². The van der Waals surface area contributed by atoms with E-state index in [2.05, 4.69) is 39.0 Å². The minimum Gasteiger partial charge on any atom is -0.490 e. The lowest BCUT2D eigenvalue weighted by Crippen LogP contribution is -2.09. The van der Waals surface area contributed by atoms with Gasteiger partial charge in [-0.2, -0.15) is 0 Å². The van der Waals surface area contributed by atoms with Crippen LogP contribution >= 0.6 is 0 Å². The lowest BCUT2D eigenvalue weighted by atomic mass is 10.1. The van der Waals surface area contributed by atoms with Crippen molar-refractivity contribution in [3.05, 3.63) is 59.2 Å². The lowest BCUT2D eigenvalue weighted by Gasteiger charge is -2.10. The topological polar surface area (TPSA) is 18.5 Å². The average Bonchev–Trinajstić information content (AvgIpc) is 2.39. The summed E-state index contributed by atoms with van der Waals surface area (Å²) >= 11 is 0. The third-order valence-corrected chi connectivity index (χ3v) is 3.09. The van der Waals surface area contributed by atoms with E-state index >= 15 is 0 Å². The number of benzene rings is 2. The maximum Gasteiger partial charge on any atom is 0.122 e. The molecule has 0 unspecified atom stereocenters. The molecule has 0 fully saturated rings. The fraction of sp³-hybridized carbons (Fsp3) is 0.294. The highest BCUT2D eigenvalue weighted by Crippen LogP contribution is 2.16. The van der Waals surface area contributed by atoms with Crippen LogP contribution < -0.4 is 9.47 Å². The molecule has 0 heterocycles. The quantitative estimate of drug-likeness (QED) is 0.751. The first-order valence-corrected chi connectivity index (χ1v) is 6.54. The zero-order valence-electron chi connectivity index (χ0n) is 11.8. The molecule has 0 saturated heterocycles.